The molecule has 0 amide bonds. The number of ether oxygens (including phenoxy) is 2. The molecule has 33 heavy (non-hydrogen) atoms. The van der Waals surface area contributed by atoms with Crippen molar-refractivity contribution in [1.82, 2.24) is 14.6 Å². The SMILES string of the molecule is C=CCOc1ccccc1C=c1sc2nc(-c3ccc(OCCCCCC)cc3)nn2c1=O. The number of aromatic nitrogens is 3. The Balaban J connectivity index is 1.52. The molecule has 4 rings (SSSR count). The van der Waals surface area contributed by atoms with Crippen molar-refractivity contribution in [3.05, 3.63) is 81.6 Å². The zero-order valence-corrected chi connectivity index (χ0v) is 19.5. The number of para-hydroxylation sites is 1. The fourth-order valence-corrected chi connectivity index (χ4v) is 4.29. The second-order valence-electron chi connectivity index (χ2n) is 7.62. The number of nitrogens with zero attached hydrogens (tertiary/aromatic N) is 3. The predicted molar refractivity (Wildman–Crippen MR) is 133 cm³/mol. The number of hydrogen-bond donors (Lipinski definition) is 0. The van der Waals surface area contributed by atoms with Gasteiger partial charge in [-0.3, -0.25) is 4.79 Å². The Morgan fingerprint density at radius 3 is 2.64 bits per heavy atom. The summed E-state index contributed by atoms with van der Waals surface area (Å²) < 4.78 is 13.4. The third kappa shape index (κ3) is 5.49. The monoisotopic (exact) mass is 461 g/mol. The van der Waals surface area contributed by atoms with Gasteiger partial charge in [0.05, 0.1) is 11.1 Å². The van der Waals surface area contributed by atoms with Crippen molar-refractivity contribution in [2.75, 3.05) is 13.2 Å². The summed E-state index contributed by atoms with van der Waals surface area (Å²) >= 11 is 1.31. The number of fused-ring (bicyclic) bond motifs is 1. The van der Waals surface area contributed by atoms with Crippen LogP contribution in [0.15, 0.2) is 66.0 Å². The van der Waals surface area contributed by atoms with E-state index >= 15 is 0 Å². The van der Waals surface area contributed by atoms with Crippen LogP contribution < -0.4 is 19.6 Å². The van der Waals surface area contributed by atoms with Gasteiger partial charge < -0.3 is 9.47 Å². The predicted octanol–water partition coefficient (Wildman–Crippen LogP) is 4.89. The zero-order chi connectivity index (χ0) is 23.0. The summed E-state index contributed by atoms with van der Waals surface area (Å²) in [4.78, 5) is 18.0. The third-order valence-corrected chi connectivity index (χ3v) is 6.08. The van der Waals surface area contributed by atoms with Gasteiger partial charge in [-0.15, -0.1) is 5.10 Å². The van der Waals surface area contributed by atoms with Crippen LogP contribution in [0, 0.1) is 0 Å². The van der Waals surface area contributed by atoms with Gasteiger partial charge in [-0.25, -0.2) is 0 Å². The Kier molecular flexibility index (Phi) is 7.52. The molecule has 0 aliphatic carbocycles. The van der Waals surface area contributed by atoms with E-state index in [-0.39, 0.29) is 5.56 Å². The van der Waals surface area contributed by atoms with Crippen molar-refractivity contribution in [3.8, 4) is 22.9 Å². The molecule has 0 bridgehead atoms. The first-order valence-electron chi connectivity index (χ1n) is 11.2. The van der Waals surface area contributed by atoms with Crippen molar-refractivity contribution in [2.24, 2.45) is 0 Å². The molecule has 0 saturated carbocycles. The lowest BCUT2D eigenvalue weighted by Gasteiger charge is -2.06. The molecule has 0 atom stereocenters. The molecule has 2 aromatic carbocycles. The van der Waals surface area contributed by atoms with E-state index in [2.05, 4.69) is 23.6 Å². The van der Waals surface area contributed by atoms with Gasteiger partial charge in [0.2, 0.25) is 4.96 Å². The molecule has 4 aromatic rings. The van der Waals surface area contributed by atoms with Crippen LogP contribution in [-0.2, 0) is 0 Å². The Bertz CT molecular complexity index is 1330. The van der Waals surface area contributed by atoms with Gasteiger partial charge in [-0.2, -0.15) is 9.50 Å². The van der Waals surface area contributed by atoms with Gasteiger partial charge in [-0.1, -0.05) is 68.4 Å². The van der Waals surface area contributed by atoms with E-state index in [1.165, 1.54) is 35.1 Å². The Labute approximate surface area is 196 Å². The average Bonchev–Trinajstić information content (AvgIpc) is 3.38. The first-order valence-corrected chi connectivity index (χ1v) is 12.0. The highest BCUT2D eigenvalue weighted by molar-refractivity contribution is 7.15. The van der Waals surface area contributed by atoms with Gasteiger partial charge in [0.15, 0.2) is 5.82 Å². The molecule has 170 valence electrons. The molecule has 0 aliphatic heterocycles. The summed E-state index contributed by atoms with van der Waals surface area (Å²) in [5, 5.41) is 4.44. The highest BCUT2D eigenvalue weighted by atomic mass is 32.1. The van der Waals surface area contributed by atoms with Crippen LogP contribution in [0.25, 0.3) is 22.4 Å². The smallest absolute Gasteiger partial charge is 0.291 e. The minimum Gasteiger partial charge on any atom is -0.494 e. The van der Waals surface area contributed by atoms with E-state index in [1.807, 2.05) is 54.6 Å². The molecule has 0 aliphatic rings. The first-order chi connectivity index (χ1) is 16.2. The van der Waals surface area contributed by atoms with Gasteiger partial charge in [-0.05, 0) is 42.8 Å². The highest BCUT2D eigenvalue weighted by Crippen LogP contribution is 2.21. The summed E-state index contributed by atoms with van der Waals surface area (Å²) in [6, 6.07) is 15.3. The minimum absolute atomic E-state index is 0.195. The highest BCUT2D eigenvalue weighted by Gasteiger charge is 2.12. The summed E-state index contributed by atoms with van der Waals surface area (Å²) in [6.07, 6.45) is 8.20. The molecular formula is C26H27N3O3S. The van der Waals surface area contributed by atoms with E-state index < -0.39 is 0 Å². The van der Waals surface area contributed by atoms with Gasteiger partial charge >= 0.3 is 0 Å². The number of thiazole rings is 1. The molecule has 0 saturated heterocycles. The van der Waals surface area contributed by atoms with Crippen molar-refractivity contribution in [1.29, 1.82) is 0 Å². The Hall–Kier alpha value is -3.45. The van der Waals surface area contributed by atoms with Crippen LogP contribution >= 0.6 is 11.3 Å². The zero-order valence-electron chi connectivity index (χ0n) is 18.7. The quantitative estimate of drug-likeness (QED) is 0.235. The standard InChI is InChI=1S/C26H27N3O3S/c1-3-5-6-9-17-31-21-14-12-19(13-15-21)24-27-26-29(28-24)25(30)23(33-26)18-20-10-7-8-11-22(20)32-16-4-2/h4,7-8,10-15,18H,2-3,5-6,9,16-17H2,1H3. The average molecular weight is 462 g/mol. The lowest BCUT2D eigenvalue weighted by Crippen LogP contribution is -2.23. The van der Waals surface area contributed by atoms with Crippen LogP contribution in [-0.4, -0.2) is 27.8 Å². The summed E-state index contributed by atoms with van der Waals surface area (Å²) in [6.45, 7) is 6.99. The second kappa shape index (κ2) is 10.9. The van der Waals surface area contributed by atoms with Crippen molar-refractivity contribution in [2.45, 2.75) is 32.6 Å². The van der Waals surface area contributed by atoms with E-state index in [4.69, 9.17) is 9.47 Å². The van der Waals surface area contributed by atoms with Crippen LogP contribution in [0.4, 0.5) is 0 Å². The normalized spacial score (nSPS) is 11.7. The number of rotatable bonds is 11. The van der Waals surface area contributed by atoms with Crippen molar-refractivity contribution < 1.29 is 9.47 Å². The Morgan fingerprint density at radius 2 is 1.88 bits per heavy atom. The molecule has 7 heteroatoms. The number of benzene rings is 2. The van der Waals surface area contributed by atoms with E-state index in [1.54, 1.807) is 6.08 Å². The van der Waals surface area contributed by atoms with Gasteiger partial charge in [0.25, 0.3) is 5.56 Å². The van der Waals surface area contributed by atoms with Gasteiger partial charge in [0.1, 0.15) is 18.1 Å². The maximum atomic E-state index is 12.9. The fourth-order valence-electron chi connectivity index (χ4n) is 3.40. The van der Waals surface area contributed by atoms with Gasteiger partial charge in [0, 0.05) is 11.1 Å². The van der Waals surface area contributed by atoms with Crippen LogP contribution in [0.1, 0.15) is 38.2 Å². The van der Waals surface area contributed by atoms with Crippen LogP contribution in [0.3, 0.4) is 0 Å². The summed E-state index contributed by atoms with van der Waals surface area (Å²) in [7, 11) is 0. The minimum atomic E-state index is -0.195. The van der Waals surface area contributed by atoms with Crippen LogP contribution in [0.2, 0.25) is 0 Å². The lowest BCUT2D eigenvalue weighted by atomic mass is 10.2. The third-order valence-electron chi connectivity index (χ3n) is 5.12. The number of hydrogen-bond acceptors (Lipinski definition) is 6. The molecule has 2 aromatic heterocycles. The maximum absolute atomic E-state index is 12.9. The summed E-state index contributed by atoms with van der Waals surface area (Å²) in [5.41, 5.74) is 1.48. The largest absolute Gasteiger partial charge is 0.494 e. The van der Waals surface area contributed by atoms with E-state index in [0.717, 1.165) is 29.9 Å². The van der Waals surface area contributed by atoms with E-state index in [9.17, 15) is 4.79 Å². The second-order valence-corrected chi connectivity index (χ2v) is 8.63. The van der Waals surface area contributed by atoms with E-state index in [0.29, 0.717) is 27.7 Å². The van der Waals surface area contributed by atoms with Crippen molar-refractivity contribution >= 4 is 22.4 Å². The maximum Gasteiger partial charge on any atom is 0.291 e. The lowest BCUT2D eigenvalue weighted by molar-refractivity contribution is 0.305. The Morgan fingerprint density at radius 1 is 1.06 bits per heavy atom. The molecule has 0 N–H and O–H groups in total. The topological polar surface area (TPSA) is 65.7 Å². The number of unbranched alkanes of at least 4 members (excludes halogenated alkanes) is 3. The molecule has 0 spiro atoms. The fraction of sp³-hybridized carbons (Fsp3) is 0.269. The first kappa shape index (κ1) is 22.7. The molecule has 6 nitrogen and oxygen atoms in total. The van der Waals surface area contributed by atoms with Crippen molar-refractivity contribution in [3.63, 3.8) is 0 Å². The van der Waals surface area contributed by atoms with Crippen LogP contribution in [0.5, 0.6) is 11.5 Å². The molecule has 0 unspecified atom stereocenters. The molecule has 0 fully saturated rings. The summed E-state index contributed by atoms with van der Waals surface area (Å²) in [5.74, 6) is 2.05. The molecule has 2 heterocycles. The molecule has 0 radical (unpaired) electrons. The molecular weight excluding hydrogens is 434 g/mol.